The van der Waals surface area contributed by atoms with E-state index in [1.807, 2.05) is 4.90 Å². The first-order valence-electron chi connectivity index (χ1n) is 10.4. The molecule has 2 amide bonds. The van der Waals surface area contributed by atoms with Gasteiger partial charge in [0.2, 0.25) is 11.8 Å². The number of carbonyl (C=O) groups excluding carboxylic acids is 3. The Morgan fingerprint density at radius 1 is 1.11 bits per heavy atom. The minimum absolute atomic E-state index is 0.0423. The molecule has 6 rings (SSSR count). The third kappa shape index (κ3) is 2.77. The fourth-order valence-corrected chi connectivity index (χ4v) is 7.15. The van der Waals surface area contributed by atoms with Gasteiger partial charge in [-0.1, -0.05) is 0 Å². The summed E-state index contributed by atoms with van der Waals surface area (Å²) >= 11 is 0. The molecule has 1 N–H and O–H groups in total. The van der Waals surface area contributed by atoms with Gasteiger partial charge in [0.1, 0.15) is 11.6 Å². The minimum Gasteiger partial charge on any atom is -0.459 e. The van der Waals surface area contributed by atoms with Crippen molar-refractivity contribution in [1.29, 1.82) is 0 Å². The Labute approximate surface area is 159 Å². The van der Waals surface area contributed by atoms with Crippen LogP contribution in [0.15, 0.2) is 0 Å². The summed E-state index contributed by atoms with van der Waals surface area (Å²) < 4.78 is 5.83. The van der Waals surface area contributed by atoms with E-state index in [1.165, 1.54) is 6.92 Å². The van der Waals surface area contributed by atoms with Crippen LogP contribution in [0.25, 0.3) is 0 Å². The molecule has 3 unspecified atom stereocenters. The minimum atomic E-state index is -0.435. The van der Waals surface area contributed by atoms with Crippen molar-refractivity contribution < 1.29 is 19.1 Å². The second kappa shape index (κ2) is 5.93. The van der Waals surface area contributed by atoms with Gasteiger partial charge in [0, 0.05) is 46.1 Å². The number of ether oxygens (including phenoxy) is 1. The highest BCUT2D eigenvalue weighted by atomic mass is 16.6. The first-order valence-corrected chi connectivity index (χ1v) is 10.4. The number of esters is 1. The first-order chi connectivity index (χ1) is 12.9. The predicted molar refractivity (Wildman–Crippen MR) is 96.6 cm³/mol. The van der Waals surface area contributed by atoms with Crippen LogP contribution < -0.4 is 5.32 Å². The Kier molecular flexibility index (Phi) is 3.84. The molecule has 0 spiro atoms. The van der Waals surface area contributed by atoms with E-state index in [-0.39, 0.29) is 23.8 Å². The van der Waals surface area contributed by atoms with E-state index in [4.69, 9.17) is 4.74 Å². The van der Waals surface area contributed by atoms with Crippen LogP contribution in [0.3, 0.4) is 0 Å². The number of nitrogens with one attached hydrogen (secondary N) is 1. The van der Waals surface area contributed by atoms with Gasteiger partial charge in [-0.3, -0.25) is 19.3 Å². The molecule has 148 valence electrons. The maximum absolute atomic E-state index is 13.7. The highest BCUT2D eigenvalue weighted by molar-refractivity contribution is 5.87. The normalized spacial score (nSPS) is 43.2. The lowest BCUT2D eigenvalue weighted by Gasteiger charge is -2.61. The summed E-state index contributed by atoms with van der Waals surface area (Å²) in [5.41, 5.74) is -0.831. The smallest absolute Gasteiger partial charge is 0.303 e. The van der Waals surface area contributed by atoms with E-state index in [0.717, 1.165) is 45.2 Å². The topological polar surface area (TPSA) is 79.0 Å². The number of piperazine rings is 2. The highest BCUT2D eigenvalue weighted by Gasteiger charge is 2.63. The standard InChI is InChI=1S/C20H29N3O4/c1-13(24)27-20-9-14-6-15(10-20)8-19(7-14,12-20)18(26)23-5-4-22-3-2-21-17(25)16(22)11-23/h14-16H,2-12H2,1H3,(H,21,25)/t14-,15+,16?,19?,20?. The number of amides is 2. The number of rotatable bonds is 2. The Balaban J connectivity index is 1.38. The van der Waals surface area contributed by atoms with Gasteiger partial charge in [-0.25, -0.2) is 0 Å². The Morgan fingerprint density at radius 3 is 2.56 bits per heavy atom. The molecule has 7 heteroatoms. The van der Waals surface area contributed by atoms with Crippen LogP contribution in [-0.2, 0) is 19.1 Å². The Morgan fingerprint density at radius 2 is 1.85 bits per heavy atom. The lowest BCUT2D eigenvalue weighted by molar-refractivity contribution is -0.206. The second-order valence-corrected chi connectivity index (χ2v) is 9.61. The molecule has 6 aliphatic rings. The zero-order valence-corrected chi connectivity index (χ0v) is 16.0. The summed E-state index contributed by atoms with van der Waals surface area (Å²) in [7, 11) is 0. The molecule has 0 aromatic heterocycles. The van der Waals surface area contributed by atoms with Gasteiger partial charge in [0.05, 0.1) is 5.41 Å². The van der Waals surface area contributed by atoms with Crippen LogP contribution in [0.4, 0.5) is 0 Å². The second-order valence-electron chi connectivity index (χ2n) is 9.61. The predicted octanol–water partition coefficient (Wildman–Crippen LogP) is 0.531. The first kappa shape index (κ1) is 17.5. The van der Waals surface area contributed by atoms with Crippen molar-refractivity contribution in [3.05, 3.63) is 0 Å². The van der Waals surface area contributed by atoms with Crippen LogP contribution in [0.5, 0.6) is 0 Å². The molecule has 2 aliphatic heterocycles. The van der Waals surface area contributed by atoms with Gasteiger partial charge >= 0.3 is 5.97 Å². The molecular weight excluding hydrogens is 346 g/mol. The molecule has 4 bridgehead atoms. The summed E-state index contributed by atoms with van der Waals surface area (Å²) in [6.07, 6.45) is 5.50. The summed E-state index contributed by atoms with van der Waals surface area (Å²) in [5, 5.41) is 2.93. The van der Waals surface area contributed by atoms with E-state index in [9.17, 15) is 14.4 Å². The van der Waals surface area contributed by atoms with Gasteiger partial charge in [0.25, 0.3) is 0 Å². The molecule has 4 saturated carbocycles. The molecule has 5 atom stereocenters. The quantitative estimate of drug-likeness (QED) is 0.713. The number of fused-ring (bicyclic) bond motifs is 1. The molecule has 6 fully saturated rings. The fourth-order valence-electron chi connectivity index (χ4n) is 7.15. The molecule has 7 nitrogen and oxygen atoms in total. The van der Waals surface area contributed by atoms with Gasteiger partial charge in [-0.2, -0.15) is 0 Å². The van der Waals surface area contributed by atoms with Crippen molar-refractivity contribution in [2.24, 2.45) is 17.3 Å². The van der Waals surface area contributed by atoms with Crippen LogP contribution in [0.1, 0.15) is 45.4 Å². The zero-order chi connectivity index (χ0) is 18.8. The van der Waals surface area contributed by atoms with Gasteiger partial charge in [0.15, 0.2) is 0 Å². The van der Waals surface area contributed by atoms with Gasteiger partial charge in [-0.15, -0.1) is 0 Å². The van der Waals surface area contributed by atoms with E-state index < -0.39 is 11.0 Å². The fraction of sp³-hybridized carbons (Fsp3) is 0.850. The third-order valence-electron chi connectivity index (χ3n) is 7.60. The van der Waals surface area contributed by atoms with Crippen molar-refractivity contribution in [3.8, 4) is 0 Å². The number of nitrogens with zero attached hydrogens (tertiary/aromatic N) is 2. The largest absolute Gasteiger partial charge is 0.459 e. The lowest BCUT2D eigenvalue weighted by atomic mass is 9.47. The van der Waals surface area contributed by atoms with Gasteiger partial charge in [-0.05, 0) is 43.9 Å². The van der Waals surface area contributed by atoms with Crippen LogP contribution >= 0.6 is 0 Å². The van der Waals surface area contributed by atoms with Gasteiger partial charge < -0.3 is 15.0 Å². The van der Waals surface area contributed by atoms with E-state index in [2.05, 4.69) is 10.2 Å². The van der Waals surface area contributed by atoms with Crippen molar-refractivity contribution in [2.75, 3.05) is 32.7 Å². The lowest BCUT2D eigenvalue weighted by Crippen LogP contribution is -2.67. The monoisotopic (exact) mass is 375 g/mol. The Bertz CT molecular complexity index is 679. The summed E-state index contributed by atoms with van der Waals surface area (Å²) in [4.78, 5) is 41.8. The number of hydrogen-bond donors (Lipinski definition) is 1. The summed E-state index contributed by atoms with van der Waals surface area (Å²) in [6.45, 7) is 4.99. The SMILES string of the molecule is CC(=O)OC12C[C@H]3C[C@@H](C1)CC(C(=O)N1CCN4CCNC(=O)C4C1)(C3)C2. The maximum atomic E-state index is 13.7. The van der Waals surface area contributed by atoms with E-state index in [1.54, 1.807) is 0 Å². The maximum Gasteiger partial charge on any atom is 0.303 e. The molecular formula is C20H29N3O4. The molecule has 4 aliphatic carbocycles. The average molecular weight is 375 g/mol. The van der Waals surface area contributed by atoms with Crippen molar-refractivity contribution in [3.63, 3.8) is 0 Å². The summed E-state index contributed by atoms with van der Waals surface area (Å²) in [5.74, 6) is 0.974. The van der Waals surface area contributed by atoms with E-state index >= 15 is 0 Å². The average Bonchev–Trinajstić information content (AvgIpc) is 2.59. The van der Waals surface area contributed by atoms with Crippen molar-refractivity contribution in [2.45, 2.75) is 57.1 Å². The highest BCUT2D eigenvalue weighted by Crippen LogP contribution is 2.63. The third-order valence-corrected chi connectivity index (χ3v) is 7.60. The Hall–Kier alpha value is -1.63. The molecule has 0 radical (unpaired) electrons. The molecule has 0 aromatic rings. The van der Waals surface area contributed by atoms with E-state index in [0.29, 0.717) is 37.9 Å². The van der Waals surface area contributed by atoms with Crippen LogP contribution in [-0.4, -0.2) is 72.0 Å². The molecule has 2 saturated heterocycles. The van der Waals surface area contributed by atoms with Crippen molar-refractivity contribution in [1.82, 2.24) is 15.1 Å². The van der Waals surface area contributed by atoms with Crippen LogP contribution in [0.2, 0.25) is 0 Å². The molecule has 0 aromatic carbocycles. The summed E-state index contributed by atoms with van der Waals surface area (Å²) in [6, 6.07) is -0.215. The molecule has 2 heterocycles. The zero-order valence-electron chi connectivity index (χ0n) is 16.0. The molecule has 27 heavy (non-hydrogen) atoms. The van der Waals surface area contributed by atoms with Crippen LogP contribution in [0, 0.1) is 17.3 Å². The number of carbonyl (C=O) groups is 3. The number of hydrogen-bond acceptors (Lipinski definition) is 5. The van der Waals surface area contributed by atoms with Crippen molar-refractivity contribution >= 4 is 17.8 Å².